The first-order valence-electron chi connectivity index (χ1n) is 4.42. The second-order valence-corrected chi connectivity index (χ2v) is 4.34. The molecule has 0 bridgehead atoms. The summed E-state index contributed by atoms with van der Waals surface area (Å²) in [5.74, 6) is -0.181. The van der Waals surface area contributed by atoms with Crippen LogP contribution in [0.5, 0.6) is 0 Å². The predicted octanol–water partition coefficient (Wildman–Crippen LogP) is 1.00. The number of carbonyl (C=O) groups excluding carboxylic acids is 1. The normalized spacial score (nSPS) is 24.6. The molecule has 1 aliphatic heterocycles. The van der Waals surface area contributed by atoms with E-state index in [2.05, 4.69) is 5.32 Å². The summed E-state index contributed by atoms with van der Waals surface area (Å²) in [4.78, 5) is 12.3. The van der Waals surface area contributed by atoms with Crippen molar-refractivity contribution in [3.8, 4) is 0 Å². The Hall–Kier alpha value is 0.01000. The first kappa shape index (κ1) is 11.1. The van der Waals surface area contributed by atoms with E-state index in [9.17, 15) is 4.79 Å². The van der Waals surface area contributed by atoms with Gasteiger partial charge in [0, 0.05) is 19.1 Å². The first-order chi connectivity index (χ1) is 6.13. The molecule has 0 aliphatic carbocycles. The van der Waals surface area contributed by atoms with Crippen LogP contribution in [-0.4, -0.2) is 41.3 Å². The SMILES string of the molecule is CC1CNCCCN1C(=O)C(Cl)Cl. The summed E-state index contributed by atoms with van der Waals surface area (Å²) in [6.45, 7) is 4.49. The van der Waals surface area contributed by atoms with Crippen LogP contribution >= 0.6 is 23.2 Å². The predicted molar refractivity (Wildman–Crippen MR) is 54.2 cm³/mol. The fourth-order valence-electron chi connectivity index (χ4n) is 1.47. The summed E-state index contributed by atoms with van der Waals surface area (Å²) in [6, 6.07) is 0.176. The average molecular weight is 225 g/mol. The number of hydrogen-bond acceptors (Lipinski definition) is 2. The molecule has 0 saturated carbocycles. The monoisotopic (exact) mass is 224 g/mol. The Morgan fingerprint density at radius 1 is 1.62 bits per heavy atom. The van der Waals surface area contributed by atoms with Gasteiger partial charge in [-0.15, -0.1) is 0 Å². The van der Waals surface area contributed by atoms with Gasteiger partial charge in [-0.25, -0.2) is 0 Å². The number of alkyl halides is 2. The second kappa shape index (κ2) is 5.03. The topological polar surface area (TPSA) is 32.3 Å². The van der Waals surface area contributed by atoms with Crippen LogP contribution in [0.1, 0.15) is 13.3 Å². The standard InChI is InChI=1S/C8H14Cl2N2O/c1-6-5-11-3-2-4-12(6)8(13)7(9)10/h6-7,11H,2-5H2,1H3. The highest BCUT2D eigenvalue weighted by Gasteiger charge is 2.25. The third-order valence-electron chi connectivity index (χ3n) is 2.19. The minimum Gasteiger partial charge on any atom is -0.336 e. The maximum absolute atomic E-state index is 11.5. The van der Waals surface area contributed by atoms with Crippen LogP contribution in [0.4, 0.5) is 0 Å². The molecule has 1 fully saturated rings. The fraction of sp³-hybridized carbons (Fsp3) is 0.875. The second-order valence-electron chi connectivity index (χ2n) is 3.24. The van der Waals surface area contributed by atoms with Crippen LogP contribution in [0.25, 0.3) is 0 Å². The molecule has 1 amide bonds. The molecule has 1 saturated heterocycles. The zero-order valence-electron chi connectivity index (χ0n) is 7.59. The Kier molecular flexibility index (Phi) is 4.29. The quantitative estimate of drug-likeness (QED) is 0.675. The van der Waals surface area contributed by atoms with E-state index in [1.807, 2.05) is 6.92 Å². The molecule has 0 aromatic heterocycles. The molecule has 0 aromatic carbocycles. The highest BCUT2D eigenvalue weighted by molar-refractivity contribution is 6.53. The van der Waals surface area contributed by atoms with Crippen molar-refractivity contribution >= 4 is 29.1 Å². The van der Waals surface area contributed by atoms with Gasteiger partial charge in [-0.3, -0.25) is 4.79 Å². The van der Waals surface area contributed by atoms with E-state index in [4.69, 9.17) is 23.2 Å². The first-order valence-corrected chi connectivity index (χ1v) is 5.29. The molecular formula is C8H14Cl2N2O. The number of hydrogen-bond donors (Lipinski definition) is 1. The molecule has 1 rings (SSSR count). The maximum Gasteiger partial charge on any atom is 0.256 e. The molecule has 76 valence electrons. The van der Waals surface area contributed by atoms with Crippen LogP contribution in [0.2, 0.25) is 0 Å². The van der Waals surface area contributed by atoms with Gasteiger partial charge >= 0.3 is 0 Å². The summed E-state index contributed by atoms with van der Waals surface area (Å²) in [6.07, 6.45) is 0.955. The smallest absolute Gasteiger partial charge is 0.256 e. The molecular weight excluding hydrogens is 211 g/mol. The Bertz CT molecular complexity index is 187. The number of nitrogens with one attached hydrogen (secondary N) is 1. The molecule has 1 aliphatic rings. The van der Waals surface area contributed by atoms with Crippen LogP contribution < -0.4 is 5.32 Å². The van der Waals surface area contributed by atoms with Gasteiger partial charge in [0.05, 0.1) is 0 Å². The van der Waals surface area contributed by atoms with E-state index in [0.717, 1.165) is 26.1 Å². The Balaban J connectivity index is 2.58. The van der Waals surface area contributed by atoms with Crippen LogP contribution in [-0.2, 0) is 4.79 Å². The van der Waals surface area contributed by atoms with Gasteiger partial charge in [0.1, 0.15) is 0 Å². The Labute approximate surface area is 88.4 Å². The fourth-order valence-corrected chi connectivity index (χ4v) is 1.72. The number of halogens is 2. The third-order valence-corrected chi connectivity index (χ3v) is 2.57. The Morgan fingerprint density at radius 3 is 2.92 bits per heavy atom. The van der Waals surface area contributed by atoms with E-state index in [1.54, 1.807) is 4.90 Å². The van der Waals surface area contributed by atoms with Gasteiger partial charge in [0.15, 0.2) is 4.84 Å². The zero-order chi connectivity index (χ0) is 9.84. The number of carbonyl (C=O) groups is 1. The van der Waals surface area contributed by atoms with Crippen molar-refractivity contribution in [1.82, 2.24) is 10.2 Å². The number of rotatable bonds is 1. The minimum absolute atomic E-state index is 0.176. The summed E-state index contributed by atoms with van der Waals surface area (Å²) in [7, 11) is 0. The van der Waals surface area contributed by atoms with Crippen molar-refractivity contribution in [2.75, 3.05) is 19.6 Å². The maximum atomic E-state index is 11.5. The van der Waals surface area contributed by atoms with Crippen LogP contribution in [0.3, 0.4) is 0 Å². The minimum atomic E-state index is -0.930. The van der Waals surface area contributed by atoms with Crippen molar-refractivity contribution in [1.29, 1.82) is 0 Å². The lowest BCUT2D eigenvalue weighted by atomic mass is 10.3. The largest absolute Gasteiger partial charge is 0.336 e. The molecule has 13 heavy (non-hydrogen) atoms. The van der Waals surface area contributed by atoms with E-state index in [-0.39, 0.29) is 11.9 Å². The lowest BCUT2D eigenvalue weighted by Gasteiger charge is -2.27. The molecule has 3 nitrogen and oxygen atoms in total. The van der Waals surface area contributed by atoms with Crippen molar-refractivity contribution in [2.24, 2.45) is 0 Å². The van der Waals surface area contributed by atoms with E-state index >= 15 is 0 Å². The number of nitrogens with zero attached hydrogens (tertiary/aromatic N) is 1. The van der Waals surface area contributed by atoms with Crippen molar-refractivity contribution in [2.45, 2.75) is 24.2 Å². The van der Waals surface area contributed by atoms with Crippen molar-refractivity contribution < 1.29 is 4.79 Å². The zero-order valence-corrected chi connectivity index (χ0v) is 9.11. The van der Waals surface area contributed by atoms with Gasteiger partial charge in [0.25, 0.3) is 5.91 Å². The summed E-state index contributed by atoms with van der Waals surface area (Å²) < 4.78 is 0. The van der Waals surface area contributed by atoms with Gasteiger partial charge in [-0.05, 0) is 19.9 Å². The highest BCUT2D eigenvalue weighted by Crippen LogP contribution is 2.12. The Morgan fingerprint density at radius 2 is 2.31 bits per heavy atom. The molecule has 1 atom stereocenters. The van der Waals surface area contributed by atoms with E-state index in [1.165, 1.54) is 0 Å². The number of amides is 1. The summed E-state index contributed by atoms with van der Waals surface area (Å²) in [5, 5.41) is 3.24. The lowest BCUT2D eigenvalue weighted by molar-refractivity contribution is -0.131. The van der Waals surface area contributed by atoms with Crippen molar-refractivity contribution in [3.63, 3.8) is 0 Å². The van der Waals surface area contributed by atoms with E-state index < -0.39 is 4.84 Å². The third kappa shape index (κ3) is 3.01. The highest BCUT2D eigenvalue weighted by atomic mass is 35.5. The van der Waals surface area contributed by atoms with Gasteiger partial charge < -0.3 is 10.2 Å². The molecule has 1 unspecified atom stereocenters. The van der Waals surface area contributed by atoms with Crippen LogP contribution in [0.15, 0.2) is 0 Å². The lowest BCUT2D eigenvalue weighted by Crippen LogP contribution is -2.44. The molecule has 1 N–H and O–H groups in total. The summed E-state index contributed by atoms with van der Waals surface area (Å²) >= 11 is 11.1. The summed E-state index contributed by atoms with van der Waals surface area (Å²) in [5.41, 5.74) is 0. The van der Waals surface area contributed by atoms with E-state index in [0.29, 0.717) is 0 Å². The molecule has 0 spiro atoms. The molecule has 1 heterocycles. The average Bonchev–Trinajstić information content (AvgIpc) is 2.28. The molecule has 0 radical (unpaired) electrons. The molecule has 0 aromatic rings. The van der Waals surface area contributed by atoms with Crippen LogP contribution in [0, 0.1) is 0 Å². The van der Waals surface area contributed by atoms with Gasteiger partial charge in [-0.1, -0.05) is 23.2 Å². The van der Waals surface area contributed by atoms with Gasteiger partial charge in [-0.2, -0.15) is 0 Å². The van der Waals surface area contributed by atoms with Gasteiger partial charge in [0.2, 0.25) is 0 Å². The molecule has 5 heteroatoms. The van der Waals surface area contributed by atoms with Crippen molar-refractivity contribution in [3.05, 3.63) is 0 Å².